The smallest absolute Gasteiger partial charge is 0.331 e. The second kappa shape index (κ2) is 5.42. The van der Waals surface area contributed by atoms with Crippen molar-refractivity contribution in [1.82, 2.24) is 0 Å². The van der Waals surface area contributed by atoms with E-state index in [1.807, 2.05) is 24.3 Å². The Morgan fingerprint density at radius 1 is 1.39 bits per heavy atom. The number of rotatable bonds is 4. The zero-order valence-electron chi connectivity index (χ0n) is 10.2. The highest BCUT2D eigenvalue weighted by Gasteiger charge is 2.26. The number of hydrogen-bond donors (Lipinski definition) is 0. The molecule has 3 heteroatoms. The van der Waals surface area contributed by atoms with Crippen LogP contribution in [0, 0.1) is 12.3 Å². The minimum absolute atomic E-state index is 0.234. The van der Waals surface area contributed by atoms with Crippen LogP contribution in [0.4, 0.5) is 0 Å². The third-order valence-electron chi connectivity index (χ3n) is 2.85. The Labute approximate surface area is 106 Å². The molecule has 0 N–H and O–H groups in total. The zero-order valence-corrected chi connectivity index (χ0v) is 10.2. The van der Waals surface area contributed by atoms with Crippen LogP contribution in [-0.4, -0.2) is 19.2 Å². The van der Waals surface area contributed by atoms with Crippen molar-refractivity contribution < 1.29 is 14.3 Å². The van der Waals surface area contributed by atoms with Crippen molar-refractivity contribution in [3.05, 3.63) is 35.9 Å². The first-order valence-electron chi connectivity index (χ1n) is 5.74. The Hall–Kier alpha value is -2.21. The van der Waals surface area contributed by atoms with Crippen molar-refractivity contribution in [3.63, 3.8) is 0 Å². The molecule has 92 valence electrons. The average molecular weight is 242 g/mol. The summed E-state index contributed by atoms with van der Waals surface area (Å²) < 4.78 is 10.3. The lowest BCUT2D eigenvalue weighted by Crippen LogP contribution is -2.10. The fourth-order valence-electron chi connectivity index (χ4n) is 1.94. The predicted octanol–water partition coefficient (Wildman–Crippen LogP) is 2.42. The highest BCUT2D eigenvalue weighted by atomic mass is 16.5. The third kappa shape index (κ3) is 2.54. The third-order valence-corrected chi connectivity index (χ3v) is 2.85. The van der Waals surface area contributed by atoms with Gasteiger partial charge in [0.1, 0.15) is 11.9 Å². The molecule has 0 amide bonds. The van der Waals surface area contributed by atoms with Crippen LogP contribution in [0.1, 0.15) is 18.4 Å². The first kappa shape index (κ1) is 12.3. The lowest BCUT2D eigenvalue weighted by molar-refractivity contribution is -0.138. The lowest BCUT2D eigenvalue weighted by atomic mass is 9.98. The van der Waals surface area contributed by atoms with E-state index in [1.165, 1.54) is 6.08 Å². The molecule has 18 heavy (non-hydrogen) atoms. The Bertz CT molecular complexity index is 506. The van der Waals surface area contributed by atoms with Crippen LogP contribution < -0.4 is 4.74 Å². The van der Waals surface area contributed by atoms with Crippen molar-refractivity contribution in [2.45, 2.75) is 18.9 Å². The van der Waals surface area contributed by atoms with Gasteiger partial charge in [0, 0.05) is 18.1 Å². The molecule has 0 saturated heterocycles. The second-order valence-corrected chi connectivity index (χ2v) is 4.00. The van der Waals surface area contributed by atoms with E-state index in [-0.39, 0.29) is 12.1 Å². The van der Waals surface area contributed by atoms with Crippen LogP contribution in [0.15, 0.2) is 30.3 Å². The number of cyclic esters (lactones) is 1. The van der Waals surface area contributed by atoms with Crippen LogP contribution in [0.3, 0.4) is 0 Å². The molecule has 1 aromatic rings. The molecule has 1 aliphatic heterocycles. The Kier molecular flexibility index (Phi) is 3.69. The zero-order chi connectivity index (χ0) is 13.0. The summed E-state index contributed by atoms with van der Waals surface area (Å²) in [6.07, 6.45) is 7.77. The van der Waals surface area contributed by atoms with E-state index in [9.17, 15) is 4.79 Å². The van der Waals surface area contributed by atoms with Gasteiger partial charge in [-0.1, -0.05) is 12.1 Å². The van der Waals surface area contributed by atoms with E-state index in [1.54, 1.807) is 7.11 Å². The maximum Gasteiger partial charge on any atom is 0.331 e. The molecule has 0 bridgehead atoms. The largest absolute Gasteiger partial charge is 0.497 e. The molecule has 1 heterocycles. The number of benzene rings is 1. The summed E-state index contributed by atoms with van der Waals surface area (Å²) in [5.41, 5.74) is 1.85. The van der Waals surface area contributed by atoms with E-state index in [0.717, 1.165) is 16.9 Å². The van der Waals surface area contributed by atoms with E-state index in [4.69, 9.17) is 15.9 Å². The van der Waals surface area contributed by atoms with E-state index >= 15 is 0 Å². The van der Waals surface area contributed by atoms with Crippen LogP contribution >= 0.6 is 0 Å². The van der Waals surface area contributed by atoms with Gasteiger partial charge in [-0.05, 0) is 24.1 Å². The van der Waals surface area contributed by atoms with Gasteiger partial charge >= 0.3 is 5.97 Å². The standard InChI is InChI=1S/C15H14O3/c1-3-4-5-14-13(10-15(16)18-14)11-6-8-12(17-2)9-7-11/h1,6-10,14H,4-5H2,2H3. The van der Waals surface area contributed by atoms with Gasteiger partial charge in [0.2, 0.25) is 0 Å². The van der Waals surface area contributed by atoms with Gasteiger partial charge < -0.3 is 9.47 Å². The fourth-order valence-corrected chi connectivity index (χ4v) is 1.94. The topological polar surface area (TPSA) is 35.5 Å². The van der Waals surface area contributed by atoms with Gasteiger partial charge in [-0.25, -0.2) is 4.79 Å². The average Bonchev–Trinajstić information content (AvgIpc) is 2.77. The SMILES string of the molecule is C#CCCC1OC(=O)C=C1c1ccc(OC)cc1. The van der Waals surface area contributed by atoms with E-state index in [2.05, 4.69) is 5.92 Å². The summed E-state index contributed by atoms with van der Waals surface area (Å²) in [6, 6.07) is 7.54. The number of hydrogen-bond acceptors (Lipinski definition) is 3. The van der Waals surface area contributed by atoms with Gasteiger partial charge in [-0.15, -0.1) is 12.3 Å². The maximum absolute atomic E-state index is 11.3. The van der Waals surface area contributed by atoms with Crippen molar-refractivity contribution >= 4 is 11.5 Å². The highest BCUT2D eigenvalue weighted by Crippen LogP contribution is 2.30. The first-order chi connectivity index (χ1) is 8.74. The molecular weight excluding hydrogens is 228 g/mol. The molecule has 0 saturated carbocycles. The van der Waals surface area contributed by atoms with Gasteiger partial charge in [-0.2, -0.15) is 0 Å². The van der Waals surface area contributed by atoms with E-state index < -0.39 is 0 Å². The quantitative estimate of drug-likeness (QED) is 0.601. The molecule has 1 atom stereocenters. The highest BCUT2D eigenvalue weighted by molar-refractivity contribution is 5.97. The molecule has 1 aromatic carbocycles. The normalized spacial score (nSPS) is 17.9. The van der Waals surface area contributed by atoms with Gasteiger partial charge in [-0.3, -0.25) is 0 Å². The molecule has 3 nitrogen and oxygen atoms in total. The Morgan fingerprint density at radius 3 is 2.72 bits per heavy atom. The summed E-state index contributed by atoms with van der Waals surface area (Å²) in [4.78, 5) is 11.3. The molecule has 0 fully saturated rings. The van der Waals surface area contributed by atoms with Crippen LogP contribution in [0.25, 0.3) is 5.57 Å². The molecule has 0 aliphatic carbocycles. The molecule has 1 aliphatic rings. The first-order valence-corrected chi connectivity index (χ1v) is 5.74. The minimum atomic E-state index is -0.303. The number of ether oxygens (including phenoxy) is 2. The Morgan fingerprint density at radius 2 is 2.11 bits per heavy atom. The number of methoxy groups -OCH3 is 1. The van der Waals surface area contributed by atoms with E-state index in [0.29, 0.717) is 12.8 Å². The van der Waals surface area contributed by atoms with Crippen molar-refractivity contribution in [2.75, 3.05) is 7.11 Å². The molecular formula is C15H14O3. The lowest BCUT2D eigenvalue weighted by Gasteiger charge is -2.13. The number of carbonyl (C=O) groups excluding carboxylic acids is 1. The second-order valence-electron chi connectivity index (χ2n) is 4.00. The van der Waals surface area contributed by atoms with Crippen molar-refractivity contribution in [2.24, 2.45) is 0 Å². The summed E-state index contributed by atoms with van der Waals surface area (Å²) in [5.74, 6) is 3.04. The van der Waals surface area contributed by atoms with Crippen LogP contribution in [-0.2, 0) is 9.53 Å². The van der Waals surface area contributed by atoms with Crippen molar-refractivity contribution in [3.8, 4) is 18.1 Å². The van der Waals surface area contributed by atoms with Crippen LogP contribution in [0.5, 0.6) is 5.75 Å². The summed E-state index contributed by atoms with van der Waals surface area (Å²) in [7, 11) is 1.62. The summed E-state index contributed by atoms with van der Waals surface area (Å²) in [5, 5.41) is 0. The molecule has 0 spiro atoms. The maximum atomic E-state index is 11.3. The van der Waals surface area contributed by atoms with Gasteiger partial charge in [0.15, 0.2) is 0 Å². The van der Waals surface area contributed by atoms with Gasteiger partial charge in [0.25, 0.3) is 0 Å². The molecule has 1 unspecified atom stereocenters. The van der Waals surface area contributed by atoms with Crippen molar-refractivity contribution in [1.29, 1.82) is 0 Å². The summed E-state index contributed by atoms with van der Waals surface area (Å²) >= 11 is 0. The number of esters is 1. The number of carbonyl (C=O) groups is 1. The molecule has 0 radical (unpaired) electrons. The fraction of sp³-hybridized carbons (Fsp3) is 0.267. The molecule has 2 rings (SSSR count). The van der Waals surface area contributed by atoms with Gasteiger partial charge in [0.05, 0.1) is 7.11 Å². The van der Waals surface area contributed by atoms with Crippen LogP contribution in [0.2, 0.25) is 0 Å². The summed E-state index contributed by atoms with van der Waals surface area (Å²) in [6.45, 7) is 0. The molecule has 0 aromatic heterocycles. The predicted molar refractivity (Wildman–Crippen MR) is 68.9 cm³/mol. The minimum Gasteiger partial charge on any atom is -0.497 e. The Balaban J connectivity index is 2.21. The number of terminal acetylenes is 1. The monoisotopic (exact) mass is 242 g/mol.